The zero-order chi connectivity index (χ0) is 13.0. The third-order valence-electron chi connectivity index (χ3n) is 2.65. The number of halogens is 1. The minimum Gasteiger partial charge on any atom is -0.497 e. The molecule has 0 aliphatic carbocycles. The molecule has 0 radical (unpaired) electrons. The lowest BCUT2D eigenvalue weighted by molar-refractivity contribution is -0.128. The van der Waals surface area contributed by atoms with Crippen LogP contribution in [0.1, 0.15) is 0 Å². The molecule has 1 fully saturated rings. The first-order valence-corrected chi connectivity index (χ1v) is 6.05. The maximum atomic E-state index is 11.9. The summed E-state index contributed by atoms with van der Waals surface area (Å²) in [5, 5.41) is 6.30. The van der Waals surface area contributed by atoms with Gasteiger partial charge in [0.1, 0.15) is 11.9 Å². The van der Waals surface area contributed by atoms with Gasteiger partial charge in [0, 0.05) is 19.2 Å². The lowest BCUT2D eigenvalue weighted by atomic mass is 10.2. The molecule has 1 saturated heterocycles. The predicted octanol–water partition coefficient (Wildman–Crippen LogP) is 1.28. The van der Waals surface area contributed by atoms with Crippen molar-refractivity contribution >= 4 is 23.2 Å². The Kier molecular flexibility index (Phi) is 4.41. The highest BCUT2D eigenvalue weighted by Gasteiger charge is 2.22. The van der Waals surface area contributed by atoms with Crippen LogP contribution in [0.15, 0.2) is 18.2 Å². The maximum Gasteiger partial charge on any atom is 0.254 e. The van der Waals surface area contributed by atoms with Gasteiger partial charge in [-0.25, -0.2) is 0 Å². The fraction of sp³-hybridized carbons (Fsp3) is 0.417. The highest BCUT2D eigenvalue weighted by atomic mass is 35.5. The molecule has 1 unspecified atom stereocenters. The molecule has 0 saturated carbocycles. The SMILES string of the molecule is COc1ccc(Cl)c(NC(=O)C2CNCCO2)c1. The molecule has 6 heteroatoms. The quantitative estimate of drug-likeness (QED) is 0.869. The lowest BCUT2D eigenvalue weighted by Gasteiger charge is -2.23. The van der Waals surface area contributed by atoms with Crippen molar-refractivity contribution in [2.45, 2.75) is 6.10 Å². The van der Waals surface area contributed by atoms with E-state index < -0.39 is 6.10 Å². The molecule has 0 spiro atoms. The summed E-state index contributed by atoms with van der Waals surface area (Å²) in [4.78, 5) is 11.9. The predicted molar refractivity (Wildman–Crippen MR) is 69.2 cm³/mol. The van der Waals surface area contributed by atoms with Gasteiger partial charge < -0.3 is 20.1 Å². The van der Waals surface area contributed by atoms with Crippen LogP contribution in [-0.4, -0.2) is 38.8 Å². The van der Waals surface area contributed by atoms with Crippen molar-refractivity contribution in [3.8, 4) is 5.75 Å². The van der Waals surface area contributed by atoms with Gasteiger partial charge in [0.25, 0.3) is 5.91 Å². The molecule has 1 atom stereocenters. The van der Waals surface area contributed by atoms with Gasteiger partial charge >= 0.3 is 0 Å². The van der Waals surface area contributed by atoms with Crippen LogP contribution in [0.4, 0.5) is 5.69 Å². The Morgan fingerprint density at radius 1 is 1.61 bits per heavy atom. The van der Waals surface area contributed by atoms with Crippen molar-refractivity contribution < 1.29 is 14.3 Å². The number of methoxy groups -OCH3 is 1. The van der Waals surface area contributed by atoms with Crippen LogP contribution in [0.3, 0.4) is 0 Å². The lowest BCUT2D eigenvalue weighted by Crippen LogP contribution is -2.45. The number of hydrogen-bond donors (Lipinski definition) is 2. The standard InChI is InChI=1S/C12H15ClN2O3/c1-17-8-2-3-9(13)10(6-8)15-12(16)11-7-14-4-5-18-11/h2-3,6,11,14H,4-5,7H2,1H3,(H,15,16). The summed E-state index contributed by atoms with van der Waals surface area (Å²) in [6.45, 7) is 1.81. The maximum absolute atomic E-state index is 11.9. The van der Waals surface area contributed by atoms with E-state index in [0.717, 1.165) is 6.54 Å². The summed E-state index contributed by atoms with van der Waals surface area (Å²) in [5.41, 5.74) is 0.523. The van der Waals surface area contributed by atoms with Crippen LogP contribution < -0.4 is 15.4 Å². The number of carbonyl (C=O) groups excluding carboxylic acids is 1. The number of ether oxygens (including phenoxy) is 2. The summed E-state index contributed by atoms with van der Waals surface area (Å²) in [6, 6.07) is 5.09. The molecule has 1 amide bonds. The molecule has 0 aromatic heterocycles. The molecule has 2 rings (SSSR count). The molecule has 1 heterocycles. The van der Waals surface area contributed by atoms with Crippen molar-refractivity contribution in [1.82, 2.24) is 5.32 Å². The second kappa shape index (κ2) is 6.04. The summed E-state index contributed by atoms with van der Waals surface area (Å²) >= 11 is 6.01. The number of rotatable bonds is 3. The largest absolute Gasteiger partial charge is 0.497 e. The first-order chi connectivity index (χ1) is 8.70. The number of morpholine rings is 1. The van der Waals surface area contributed by atoms with E-state index in [9.17, 15) is 4.79 Å². The Morgan fingerprint density at radius 2 is 2.44 bits per heavy atom. The van der Waals surface area contributed by atoms with Gasteiger partial charge in [-0.3, -0.25) is 4.79 Å². The Bertz CT molecular complexity index is 433. The van der Waals surface area contributed by atoms with Gasteiger partial charge in [0.2, 0.25) is 0 Å². The van der Waals surface area contributed by atoms with E-state index in [1.807, 2.05) is 0 Å². The molecule has 1 aromatic rings. The number of anilines is 1. The second-order valence-electron chi connectivity index (χ2n) is 3.90. The van der Waals surface area contributed by atoms with Gasteiger partial charge in [-0.05, 0) is 12.1 Å². The molecule has 2 N–H and O–H groups in total. The Morgan fingerprint density at radius 3 is 3.11 bits per heavy atom. The van der Waals surface area contributed by atoms with Gasteiger partial charge in [-0.15, -0.1) is 0 Å². The number of hydrogen-bond acceptors (Lipinski definition) is 4. The first-order valence-electron chi connectivity index (χ1n) is 5.67. The zero-order valence-electron chi connectivity index (χ0n) is 10.0. The third-order valence-corrected chi connectivity index (χ3v) is 2.98. The number of amides is 1. The summed E-state index contributed by atoms with van der Waals surface area (Å²) in [6.07, 6.45) is -0.485. The van der Waals surface area contributed by atoms with E-state index in [0.29, 0.717) is 29.6 Å². The number of carbonyl (C=O) groups is 1. The van der Waals surface area contributed by atoms with Crippen molar-refractivity contribution in [2.75, 3.05) is 32.1 Å². The molecule has 5 nitrogen and oxygen atoms in total. The highest BCUT2D eigenvalue weighted by molar-refractivity contribution is 6.33. The van der Waals surface area contributed by atoms with Crippen LogP contribution in [0.25, 0.3) is 0 Å². The van der Waals surface area contributed by atoms with Crippen molar-refractivity contribution in [3.63, 3.8) is 0 Å². The fourth-order valence-corrected chi connectivity index (χ4v) is 1.84. The average Bonchev–Trinajstić information content (AvgIpc) is 2.42. The van der Waals surface area contributed by atoms with Gasteiger partial charge in [0.05, 0.1) is 24.4 Å². The molecule has 1 aromatic carbocycles. The van der Waals surface area contributed by atoms with Crippen molar-refractivity contribution in [1.29, 1.82) is 0 Å². The van der Waals surface area contributed by atoms with E-state index in [1.165, 1.54) is 0 Å². The van der Waals surface area contributed by atoms with Crippen LogP contribution in [0.2, 0.25) is 5.02 Å². The normalized spacial score (nSPS) is 19.3. The van der Waals surface area contributed by atoms with E-state index in [-0.39, 0.29) is 5.91 Å². The third kappa shape index (κ3) is 3.13. The topological polar surface area (TPSA) is 59.6 Å². The minimum absolute atomic E-state index is 0.211. The highest BCUT2D eigenvalue weighted by Crippen LogP contribution is 2.26. The van der Waals surface area contributed by atoms with Gasteiger partial charge in [-0.1, -0.05) is 11.6 Å². The second-order valence-corrected chi connectivity index (χ2v) is 4.31. The van der Waals surface area contributed by atoms with Gasteiger partial charge in [0.15, 0.2) is 0 Å². The number of nitrogens with one attached hydrogen (secondary N) is 2. The molecule has 0 bridgehead atoms. The molecule has 1 aliphatic rings. The summed E-state index contributed by atoms with van der Waals surface area (Å²) in [7, 11) is 1.56. The summed E-state index contributed by atoms with van der Waals surface area (Å²) < 4.78 is 10.4. The molecule has 18 heavy (non-hydrogen) atoms. The van der Waals surface area contributed by atoms with Crippen LogP contribution in [0, 0.1) is 0 Å². The fourth-order valence-electron chi connectivity index (χ4n) is 1.67. The van der Waals surface area contributed by atoms with E-state index in [1.54, 1.807) is 25.3 Å². The van der Waals surface area contributed by atoms with E-state index in [4.69, 9.17) is 21.1 Å². The minimum atomic E-state index is -0.485. The van der Waals surface area contributed by atoms with Crippen LogP contribution in [-0.2, 0) is 9.53 Å². The van der Waals surface area contributed by atoms with E-state index >= 15 is 0 Å². The molecule has 1 aliphatic heterocycles. The zero-order valence-corrected chi connectivity index (χ0v) is 10.8. The van der Waals surface area contributed by atoms with Crippen LogP contribution >= 0.6 is 11.6 Å². The smallest absolute Gasteiger partial charge is 0.254 e. The molecular weight excluding hydrogens is 256 g/mol. The molecule has 98 valence electrons. The summed E-state index contributed by atoms with van der Waals surface area (Å²) in [5.74, 6) is 0.426. The van der Waals surface area contributed by atoms with E-state index in [2.05, 4.69) is 10.6 Å². The Hall–Kier alpha value is -1.30. The van der Waals surface area contributed by atoms with Crippen molar-refractivity contribution in [2.24, 2.45) is 0 Å². The monoisotopic (exact) mass is 270 g/mol. The number of benzene rings is 1. The van der Waals surface area contributed by atoms with Gasteiger partial charge in [-0.2, -0.15) is 0 Å². The Balaban J connectivity index is 2.05. The Labute approximate surface area is 110 Å². The first kappa shape index (κ1) is 13.1. The average molecular weight is 271 g/mol. The molecular formula is C12H15ClN2O3. The van der Waals surface area contributed by atoms with Crippen LogP contribution in [0.5, 0.6) is 5.75 Å². The van der Waals surface area contributed by atoms with Crippen molar-refractivity contribution in [3.05, 3.63) is 23.2 Å².